The van der Waals surface area contributed by atoms with E-state index in [1.807, 2.05) is 0 Å². The molecule has 1 amide bonds. The molecule has 2 aromatic heterocycles. The van der Waals surface area contributed by atoms with Crippen LogP contribution in [0.4, 0.5) is 0 Å². The number of sulfonamides is 1. The monoisotopic (exact) mass is 368 g/mol. The highest BCUT2D eigenvalue weighted by Gasteiger charge is 2.29. The number of nitrogens with one attached hydrogen (secondary N) is 1. The smallest absolute Gasteiger partial charge is 0.261 e. The maximum absolute atomic E-state index is 12.7. The van der Waals surface area contributed by atoms with Crippen molar-refractivity contribution in [1.29, 1.82) is 0 Å². The van der Waals surface area contributed by atoms with E-state index in [1.54, 1.807) is 18.2 Å². The number of furan rings is 1. The molecule has 1 aliphatic heterocycles. The Kier molecular flexibility index (Phi) is 5.07. The van der Waals surface area contributed by atoms with Gasteiger partial charge in [0.15, 0.2) is 0 Å². The Hall–Kier alpha value is -1.64. The molecule has 130 valence electrons. The van der Waals surface area contributed by atoms with E-state index >= 15 is 0 Å². The summed E-state index contributed by atoms with van der Waals surface area (Å²) < 4.78 is 32.2. The molecule has 0 aromatic carbocycles. The van der Waals surface area contributed by atoms with Crippen LogP contribution in [0.3, 0.4) is 0 Å². The van der Waals surface area contributed by atoms with Gasteiger partial charge in [0.05, 0.1) is 17.7 Å². The van der Waals surface area contributed by atoms with Crippen LogP contribution in [0.15, 0.2) is 39.2 Å². The van der Waals surface area contributed by atoms with Crippen LogP contribution in [-0.2, 0) is 16.6 Å². The standard InChI is InChI=1S/C16H20N2O4S2/c1-12-6-8-18(9-7-12)24(20,21)15-5-4-14(23-15)16(19)17-11-13-3-2-10-22-13/h2-5,10,12H,6-9,11H2,1H3,(H,17,19). The van der Waals surface area contributed by atoms with Crippen LogP contribution in [0.25, 0.3) is 0 Å². The lowest BCUT2D eigenvalue weighted by atomic mass is 10.0. The van der Waals surface area contributed by atoms with Crippen molar-refractivity contribution >= 4 is 27.3 Å². The maximum Gasteiger partial charge on any atom is 0.261 e. The zero-order valence-electron chi connectivity index (χ0n) is 13.4. The zero-order chi connectivity index (χ0) is 17.2. The molecule has 1 aliphatic rings. The molecule has 0 atom stereocenters. The number of hydrogen-bond donors (Lipinski definition) is 1. The Morgan fingerprint density at radius 1 is 1.33 bits per heavy atom. The highest BCUT2D eigenvalue weighted by molar-refractivity contribution is 7.91. The second kappa shape index (κ2) is 7.08. The van der Waals surface area contributed by atoms with Gasteiger partial charge in [-0.1, -0.05) is 6.92 Å². The fraction of sp³-hybridized carbons (Fsp3) is 0.438. The molecule has 1 fully saturated rings. The summed E-state index contributed by atoms with van der Waals surface area (Å²) in [5, 5.41) is 2.72. The second-order valence-corrected chi connectivity index (χ2v) is 9.22. The molecule has 0 bridgehead atoms. The Balaban J connectivity index is 1.66. The molecule has 0 radical (unpaired) electrons. The molecule has 2 aromatic rings. The van der Waals surface area contributed by atoms with Crippen molar-refractivity contribution in [3.8, 4) is 0 Å². The van der Waals surface area contributed by atoms with Crippen molar-refractivity contribution in [1.82, 2.24) is 9.62 Å². The summed E-state index contributed by atoms with van der Waals surface area (Å²) in [5.74, 6) is 0.906. The lowest BCUT2D eigenvalue weighted by Gasteiger charge is -2.28. The van der Waals surface area contributed by atoms with Crippen LogP contribution in [0.1, 0.15) is 35.2 Å². The van der Waals surface area contributed by atoms with Crippen molar-refractivity contribution in [3.63, 3.8) is 0 Å². The van der Waals surface area contributed by atoms with Crippen molar-refractivity contribution in [2.45, 2.75) is 30.5 Å². The van der Waals surface area contributed by atoms with Crippen molar-refractivity contribution in [3.05, 3.63) is 41.2 Å². The molecule has 1 N–H and O–H groups in total. The summed E-state index contributed by atoms with van der Waals surface area (Å²) in [6, 6.07) is 6.58. The molecule has 0 saturated carbocycles. The van der Waals surface area contributed by atoms with Crippen LogP contribution in [-0.4, -0.2) is 31.7 Å². The average molecular weight is 368 g/mol. The lowest BCUT2D eigenvalue weighted by Crippen LogP contribution is -2.37. The fourth-order valence-corrected chi connectivity index (χ4v) is 5.45. The topological polar surface area (TPSA) is 79.6 Å². The van der Waals surface area contributed by atoms with E-state index in [-0.39, 0.29) is 16.7 Å². The molecule has 1 saturated heterocycles. The number of nitrogens with zero attached hydrogens (tertiary/aromatic N) is 1. The molecule has 6 nitrogen and oxygen atoms in total. The largest absolute Gasteiger partial charge is 0.467 e. The van der Waals surface area contributed by atoms with Crippen molar-refractivity contribution < 1.29 is 17.6 Å². The first kappa shape index (κ1) is 17.2. The highest BCUT2D eigenvalue weighted by atomic mass is 32.2. The molecule has 3 heterocycles. The summed E-state index contributed by atoms with van der Waals surface area (Å²) >= 11 is 1.01. The van der Waals surface area contributed by atoms with Gasteiger partial charge in [-0.3, -0.25) is 4.79 Å². The number of rotatable bonds is 5. The molecule has 3 rings (SSSR count). The summed E-state index contributed by atoms with van der Waals surface area (Å²) in [4.78, 5) is 12.5. The predicted molar refractivity (Wildman–Crippen MR) is 91.4 cm³/mol. The van der Waals surface area contributed by atoms with Gasteiger partial charge in [-0.15, -0.1) is 11.3 Å². The molecule has 0 aliphatic carbocycles. The Bertz CT molecular complexity index is 788. The average Bonchev–Trinajstić information content (AvgIpc) is 3.25. The highest BCUT2D eigenvalue weighted by Crippen LogP contribution is 2.28. The summed E-state index contributed by atoms with van der Waals surface area (Å²) in [6.07, 6.45) is 3.29. The predicted octanol–water partition coefficient (Wildman–Crippen LogP) is 2.69. The van der Waals surface area contributed by atoms with E-state index in [1.165, 1.54) is 16.6 Å². The summed E-state index contributed by atoms with van der Waals surface area (Å²) in [7, 11) is -3.50. The SMILES string of the molecule is CC1CCN(S(=O)(=O)c2ccc(C(=O)NCc3ccco3)s2)CC1. The first-order valence-electron chi connectivity index (χ1n) is 7.87. The van der Waals surface area contributed by atoms with E-state index in [2.05, 4.69) is 12.2 Å². The van der Waals surface area contributed by atoms with E-state index in [9.17, 15) is 13.2 Å². The minimum Gasteiger partial charge on any atom is -0.467 e. The van der Waals surface area contributed by atoms with Gasteiger partial charge in [0.1, 0.15) is 9.97 Å². The van der Waals surface area contributed by atoms with Crippen molar-refractivity contribution in [2.24, 2.45) is 5.92 Å². The van der Waals surface area contributed by atoms with Gasteiger partial charge in [-0.05, 0) is 43.0 Å². The van der Waals surface area contributed by atoms with Crippen LogP contribution in [0.2, 0.25) is 0 Å². The van der Waals surface area contributed by atoms with Gasteiger partial charge in [0, 0.05) is 13.1 Å². The summed E-state index contributed by atoms with van der Waals surface area (Å²) in [5.41, 5.74) is 0. The molecule has 0 spiro atoms. The zero-order valence-corrected chi connectivity index (χ0v) is 15.0. The number of carbonyl (C=O) groups excluding carboxylic acids is 1. The van der Waals surface area contributed by atoms with Crippen molar-refractivity contribution in [2.75, 3.05) is 13.1 Å². The molecule has 8 heteroatoms. The van der Waals surface area contributed by atoms with E-state index in [0.29, 0.717) is 29.6 Å². The van der Waals surface area contributed by atoms with E-state index in [0.717, 1.165) is 24.2 Å². The van der Waals surface area contributed by atoms with Gasteiger partial charge < -0.3 is 9.73 Å². The van der Waals surface area contributed by atoms with E-state index in [4.69, 9.17) is 4.42 Å². The minimum atomic E-state index is -3.50. The molecular weight excluding hydrogens is 348 g/mol. The number of piperidine rings is 1. The lowest BCUT2D eigenvalue weighted by molar-refractivity contribution is 0.0952. The van der Waals surface area contributed by atoms with Crippen LogP contribution in [0.5, 0.6) is 0 Å². The molecule has 0 unspecified atom stereocenters. The number of thiophene rings is 1. The Labute approximate surface area is 145 Å². The van der Waals surface area contributed by atoms with Crippen LogP contribution in [0, 0.1) is 5.92 Å². The van der Waals surface area contributed by atoms with Crippen LogP contribution < -0.4 is 5.32 Å². The van der Waals surface area contributed by atoms with E-state index < -0.39 is 10.0 Å². The summed E-state index contributed by atoms with van der Waals surface area (Å²) in [6.45, 7) is 3.50. The number of amides is 1. The Morgan fingerprint density at radius 3 is 2.75 bits per heavy atom. The van der Waals surface area contributed by atoms with Gasteiger partial charge in [0.25, 0.3) is 15.9 Å². The maximum atomic E-state index is 12.7. The van der Waals surface area contributed by atoms with Crippen LogP contribution >= 0.6 is 11.3 Å². The van der Waals surface area contributed by atoms with Gasteiger partial charge in [0.2, 0.25) is 0 Å². The normalized spacial score (nSPS) is 17.0. The minimum absolute atomic E-state index is 0.222. The second-order valence-electron chi connectivity index (χ2n) is 5.97. The molecular formula is C16H20N2O4S2. The third-order valence-corrected chi connectivity index (χ3v) is 7.60. The number of carbonyl (C=O) groups is 1. The quantitative estimate of drug-likeness (QED) is 0.880. The first-order chi connectivity index (χ1) is 11.5. The Morgan fingerprint density at radius 2 is 2.08 bits per heavy atom. The van der Waals surface area contributed by atoms with Gasteiger partial charge in [-0.25, -0.2) is 8.42 Å². The third kappa shape index (κ3) is 3.71. The third-order valence-electron chi connectivity index (χ3n) is 4.15. The fourth-order valence-electron chi connectivity index (χ4n) is 2.60. The number of hydrogen-bond acceptors (Lipinski definition) is 5. The first-order valence-corrected chi connectivity index (χ1v) is 10.1. The molecule has 24 heavy (non-hydrogen) atoms. The van der Waals surface area contributed by atoms with Gasteiger partial charge in [-0.2, -0.15) is 4.31 Å². The van der Waals surface area contributed by atoms with Gasteiger partial charge >= 0.3 is 0 Å².